The van der Waals surface area contributed by atoms with Crippen molar-refractivity contribution in [2.45, 2.75) is 13.0 Å². The molecule has 2 rings (SSSR count). The van der Waals surface area contributed by atoms with Crippen molar-refractivity contribution in [3.63, 3.8) is 0 Å². The number of aromatic nitrogens is 1. The molecule has 0 saturated heterocycles. The minimum atomic E-state index is -0.194. The fourth-order valence-corrected chi connectivity index (χ4v) is 1.89. The molecule has 2 aromatic rings. The van der Waals surface area contributed by atoms with Crippen LogP contribution >= 0.6 is 15.9 Å². The normalized spacial score (nSPS) is 12.2. The Kier molecular flexibility index (Phi) is 4.33. The molecule has 0 bridgehead atoms. The van der Waals surface area contributed by atoms with Gasteiger partial charge in [-0.3, -0.25) is 4.98 Å². The molecule has 0 aliphatic rings. The standard InChI is InChI=1S/C14H15BrN2O/c1-10-2-5-12(6-3-10)17-14(9-18)13-7-4-11(15)8-16-13/h2-8,14,17-18H,9H2,1H3. The molecule has 1 heterocycles. The fraction of sp³-hybridized carbons (Fsp3) is 0.214. The van der Waals surface area contributed by atoms with E-state index in [4.69, 9.17) is 0 Å². The first-order chi connectivity index (χ1) is 8.69. The Morgan fingerprint density at radius 2 is 1.94 bits per heavy atom. The monoisotopic (exact) mass is 306 g/mol. The molecule has 94 valence electrons. The van der Waals surface area contributed by atoms with Crippen LogP contribution in [0.25, 0.3) is 0 Å². The van der Waals surface area contributed by atoms with Crippen LogP contribution < -0.4 is 5.32 Å². The molecular formula is C14H15BrN2O. The van der Waals surface area contributed by atoms with Crippen molar-refractivity contribution in [2.24, 2.45) is 0 Å². The van der Waals surface area contributed by atoms with E-state index in [9.17, 15) is 5.11 Å². The molecule has 0 aliphatic carbocycles. The first kappa shape index (κ1) is 13.1. The average molecular weight is 307 g/mol. The van der Waals surface area contributed by atoms with Gasteiger partial charge in [-0.05, 0) is 47.1 Å². The highest BCUT2D eigenvalue weighted by Gasteiger charge is 2.11. The number of aryl methyl sites for hydroxylation is 1. The Bertz CT molecular complexity index is 496. The van der Waals surface area contributed by atoms with E-state index in [1.807, 2.05) is 43.3 Å². The zero-order valence-corrected chi connectivity index (χ0v) is 11.7. The highest BCUT2D eigenvalue weighted by Crippen LogP contribution is 2.19. The van der Waals surface area contributed by atoms with Gasteiger partial charge in [-0.25, -0.2) is 0 Å². The van der Waals surface area contributed by atoms with Crippen molar-refractivity contribution < 1.29 is 5.11 Å². The molecule has 1 atom stereocenters. The third-order valence-electron chi connectivity index (χ3n) is 2.68. The molecule has 0 aliphatic heterocycles. The average Bonchev–Trinajstić information content (AvgIpc) is 2.39. The Labute approximate surface area is 115 Å². The number of pyridine rings is 1. The molecule has 1 aromatic heterocycles. The van der Waals surface area contributed by atoms with E-state index in [1.165, 1.54) is 5.56 Å². The summed E-state index contributed by atoms with van der Waals surface area (Å²) in [5.74, 6) is 0. The number of nitrogens with one attached hydrogen (secondary N) is 1. The minimum absolute atomic E-state index is 0.00249. The van der Waals surface area contributed by atoms with Crippen LogP contribution in [0.4, 0.5) is 5.69 Å². The summed E-state index contributed by atoms with van der Waals surface area (Å²) in [6.07, 6.45) is 1.73. The predicted octanol–water partition coefficient (Wildman–Crippen LogP) is 3.30. The molecule has 3 nitrogen and oxygen atoms in total. The number of anilines is 1. The SMILES string of the molecule is Cc1ccc(NC(CO)c2ccc(Br)cn2)cc1. The second-order valence-electron chi connectivity index (χ2n) is 4.15. The summed E-state index contributed by atoms with van der Waals surface area (Å²) in [5.41, 5.74) is 3.01. The van der Waals surface area contributed by atoms with E-state index in [0.717, 1.165) is 15.9 Å². The third-order valence-corrected chi connectivity index (χ3v) is 3.15. The van der Waals surface area contributed by atoms with Crippen molar-refractivity contribution in [3.05, 3.63) is 58.3 Å². The van der Waals surface area contributed by atoms with E-state index < -0.39 is 0 Å². The van der Waals surface area contributed by atoms with Gasteiger partial charge in [0.15, 0.2) is 0 Å². The van der Waals surface area contributed by atoms with Gasteiger partial charge in [0.25, 0.3) is 0 Å². The number of nitrogens with zero attached hydrogens (tertiary/aromatic N) is 1. The highest BCUT2D eigenvalue weighted by atomic mass is 79.9. The number of hydrogen-bond acceptors (Lipinski definition) is 3. The Hall–Kier alpha value is -1.39. The second-order valence-corrected chi connectivity index (χ2v) is 5.06. The van der Waals surface area contributed by atoms with E-state index in [2.05, 4.69) is 26.2 Å². The molecule has 1 unspecified atom stereocenters. The molecule has 2 N–H and O–H groups in total. The Morgan fingerprint density at radius 1 is 1.22 bits per heavy atom. The van der Waals surface area contributed by atoms with Crippen LogP contribution in [0.1, 0.15) is 17.3 Å². The van der Waals surface area contributed by atoms with Gasteiger partial charge in [-0.1, -0.05) is 17.7 Å². The van der Waals surface area contributed by atoms with Gasteiger partial charge in [0, 0.05) is 16.4 Å². The molecule has 4 heteroatoms. The lowest BCUT2D eigenvalue weighted by Crippen LogP contribution is -2.16. The van der Waals surface area contributed by atoms with Crippen LogP contribution in [-0.2, 0) is 0 Å². The lowest BCUT2D eigenvalue weighted by molar-refractivity contribution is 0.274. The lowest BCUT2D eigenvalue weighted by Gasteiger charge is -2.17. The van der Waals surface area contributed by atoms with Crippen LogP contribution in [0.5, 0.6) is 0 Å². The number of aliphatic hydroxyl groups excluding tert-OH is 1. The van der Waals surface area contributed by atoms with Gasteiger partial charge >= 0.3 is 0 Å². The summed E-state index contributed by atoms with van der Waals surface area (Å²) in [5, 5.41) is 12.7. The number of benzene rings is 1. The van der Waals surface area contributed by atoms with Crippen molar-refractivity contribution in [2.75, 3.05) is 11.9 Å². The molecule has 18 heavy (non-hydrogen) atoms. The topological polar surface area (TPSA) is 45.1 Å². The zero-order chi connectivity index (χ0) is 13.0. The Balaban J connectivity index is 2.14. The van der Waals surface area contributed by atoms with Crippen LogP contribution in [-0.4, -0.2) is 16.7 Å². The molecule has 0 fully saturated rings. The van der Waals surface area contributed by atoms with Crippen molar-refractivity contribution in [3.8, 4) is 0 Å². The van der Waals surface area contributed by atoms with Crippen molar-refractivity contribution in [1.29, 1.82) is 0 Å². The predicted molar refractivity (Wildman–Crippen MR) is 76.6 cm³/mol. The smallest absolute Gasteiger partial charge is 0.0917 e. The van der Waals surface area contributed by atoms with Crippen LogP contribution in [0.3, 0.4) is 0 Å². The van der Waals surface area contributed by atoms with Gasteiger partial charge in [-0.15, -0.1) is 0 Å². The summed E-state index contributed by atoms with van der Waals surface area (Å²) in [6.45, 7) is 2.05. The number of aliphatic hydroxyl groups is 1. The van der Waals surface area contributed by atoms with Gasteiger partial charge in [-0.2, -0.15) is 0 Å². The first-order valence-electron chi connectivity index (χ1n) is 5.74. The molecule has 1 aromatic carbocycles. The number of rotatable bonds is 4. The minimum Gasteiger partial charge on any atom is -0.394 e. The maximum atomic E-state index is 9.45. The van der Waals surface area contributed by atoms with Crippen LogP contribution in [0, 0.1) is 6.92 Å². The molecule has 0 spiro atoms. The van der Waals surface area contributed by atoms with Gasteiger partial charge in [0.1, 0.15) is 0 Å². The first-order valence-corrected chi connectivity index (χ1v) is 6.54. The fourth-order valence-electron chi connectivity index (χ4n) is 1.66. The van der Waals surface area contributed by atoms with E-state index in [1.54, 1.807) is 6.20 Å². The van der Waals surface area contributed by atoms with Crippen LogP contribution in [0.15, 0.2) is 47.1 Å². The van der Waals surface area contributed by atoms with E-state index >= 15 is 0 Å². The van der Waals surface area contributed by atoms with Gasteiger partial charge < -0.3 is 10.4 Å². The summed E-state index contributed by atoms with van der Waals surface area (Å²) in [6, 6.07) is 11.7. The van der Waals surface area contributed by atoms with E-state index in [-0.39, 0.29) is 12.6 Å². The number of halogens is 1. The van der Waals surface area contributed by atoms with Gasteiger partial charge in [0.05, 0.1) is 18.3 Å². The maximum Gasteiger partial charge on any atom is 0.0917 e. The maximum absolute atomic E-state index is 9.45. The van der Waals surface area contributed by atoms with Gasteiger partial charge in [0.2, 0.25) is 0 Å². The van der Waals surface area contributed by atoms with Crippen molar-refractivity contribution in [1.82, 2.24) is 4.98 Å². The van der Waals surface area contributed by atoms with Crippen molar-refractivity contribution >= 4 is 21.6 Å². The molecular weight excluding hydrogens is 292 g/mol. The third kappa shape index (κ3) is 3.31. The second kappa shape index (κ2) is 5.98. The van der Waals surface area contributed by atoms with Crippen LogP contribution in [0.2, 0.25) is 0 Å². The molecule has 0 amide bonds. The summed E-state index contributed by atoms with van der Waals surface area (Å²) < 4.78 is 0.929. The van der Waals surface area contributed by atoms with E-state index in [0.29, 0.717) is 0 Å². The Morgan fingerprint density at radius 3 is 2.50 bits per heavy atom. The zero-order valence-electron chi connectivity index (χ0n) is 10.1. The lowest BCUT2D eigenvalue weighted by atomic mass is 10.1. The molecule has 0 radical (unpaired) electrons. The summed E-state index contributed by atoms with van der Waals surface area (Å²) >= 11 is 3.35. The largest absolute Gasteiger partial charge is 0.394 e. The quantitative estimate of drug-likeness (QED) is 0.911. The summed E-state index contributed by atoms with van der Waals surface area (Å²) in [7, 11) is 0. The summed E-state index contributed by atoms with van der Waals surface area (Å²) in [4.78, 5) is 4.29. The molecule has 0 saturated carbocycles. The number of hydrogen-bond donors (Lipinski definition) is 2. The highest BCUT2D eigenvalue weighted by molar-refractivity contribution is 9.10.